The van der Waals surface area contributed by atoms with Crippen molar-refractivity contribution in [3.63, 3.8) is 0 Å². The summed E-state index contributed by atoms with van der Waals surface area (Å²) in [5.41, 5.74) is 8.39. The molecule has 0 heterocycles. The third-order valence-electron chi connectivity index (χ3n) is 4.44. The van der Waals surface area contributed by atoms with E-state index in [9.17, 15) is 0 Å². The minimum Gasteiger partial charge on any atom is -0.321 e. The van der Waals surface area contributed by atoms with Gasteiger partial charge >= 0.3 is 0 Å². The van der Waals surface area contributed by atoms with Crippen molar-refractivity contribution >= 4 is 15.9 Å². The summed E-state index contributed by atoms with van der Waals surface area (Å²) in [7, 11) is 0. The summed E-state index contributed by atoms with van der Waals surface area (Å²) in [6.07, 6.45) is 8.01. The number of halogens is 1. The molecule has 0 amide bonds. The lowest BCUT2D eigenvalue weighted by Gasteiger charge is -2.53. The highest BCUT2D eigenvalue weighted by atomic mass is 79.9. The molecule has 1 aromatic carbocycles. The average Bonchev–Trinajstić information content (AvgIpc) is 2.66. The van der Waals surface area contributed by atoms with Crippen LogP contribution < -0.4 is 5.73 Å². The van der Waals surface area contributed by atoms with Crippen LogP contribution in [0.1, 0.15) is 44.1 Å². The van der Waals surface area contributed by atoms with Crippen molar-refractivity contribution in [1.29, 1.82) is 0 Å². The predicted octanol–water partition coefficient (Wildman–Crippen LogP) is 3.96. The van der Waals surface area contributed by atoms with Gasteiger partial charge < -0.3 is 5.73 Å². The Labute approximate surface area is 106 Å². The molecule has 86 valence electrons. The van der Waals surface area contributed by atoms with E-state index in [0.29, 0.717) is 5.41 Å². The van der Waals surface area contributed by atoms with Crippen molar-refractivity contribution in [2.75, 3.05) is 0 Å². The molecule has 2 aliphatic rings. The van der Waals surface area contributed by atoms with Crippen LogP contribution in [0.5, 0.6) is 0 Å². The standard InChI is InChI=1S/C14H18BrN/c15-12-5-3-4-11(8-12)14(16)9-13(10-14)6-1-2-7-13/h3-5,8H,1-2,6-7,9-10,16H2. The van der Waals surface area contributed by atoms with E-state index in [1.54, 1.807) is 0 Å². The first-order valence-corrected chi connectivity index (χ1v) is 6.96. The maximum absolute atomic E-state index is 6.53. The molecule has 16 heavy (non-hydrogen) atoms. The molecule has 2 heteroatoms. The van der Waals surface area contributed by atoms with E-state index >= 15 is 0 Å². The van der Waals surface area contributed by atoms with Gasteiger partial charge in [-0.15, -0.1) is 0 Å². The summed E-state index contributed by atoms with van der Waals surface area (Å²) >= 11 is 3.53. The molecular weight excluding hydrogens is 262 g/mol. The second-order valence-electron chi connectivity index (χ2n) is 5.73. The third-order valence-corrected chi connectivity index (χ3v) is 4.94. The van der Waals surface area contributed by atoms with E-state index in [0.717, 1.165) is 4.47 Å². The fourth-order valence-corrected chi connectivity index (χ4v) is 4.17. The summed E-state index contributed by atoms with van der Waals surface area (Å²) < 4.78 is 1.14. The minimum absolute atomic E-state index is 0.0475. The monoisotopic (exact) mass is 279 g/mol. The lowest BCUT2D eigenvalue weighted by atomic mass is 9.55. The second kappa shape index (κ2) is 3.58. The van der Waals surface area contributed by atoms with Gasteiger partial charge in [0.15, 0.2) is 0 Å². The fourth-order valence-electron chi connectivity index (χ4n) is 3.77. The van der Waals surface area contributed by atoms with E-state index in [4.69, 9.17) is 5.73 Å². The summed E-state index contributed by atoms with van der Waals surface area (Å²) in [5.74, 6) is 0. The van der Waals surface area contributed by atoms with E-state index < -0.39 is 0 Å². The maximum atomic E-state index is 6.53. The molecule has 1 aromatic rings. The highest BCUT2D eigenvalue weighted by molar-refractivity contribution is 9.10. The van der Waals surface area contributed by atoms with Crippen LogP contribution in [0.2, 0.25) is 0 Å². The number of hydrogen-bond acceptors (Lipinski definition) is 1. The van der Waals surface area contributed by atoms with Gasteiger partial charge in [0.25, 0.3) is 0 Å². The summed E-state index contributed by atoms with van der Waals surface area (Å²) in [6.45, 7) is 0. The molecule has 0 aliphatic heterocycles. The largest absolute Gasteiger partial charge is 0.321 e. The van der Waals surface area contributed by atoms with Crippen LogP contribution in [0.25, 0.3) is 0 Å². The zero-order chi connectivity index (χ0) is 11.2. The first kappa shape index (κ1) is 10.8. The van der Waals surface area contributed by atoms with Gasteiger partial charge in [0.1, 0.15) is 0 Å². The zero-order valence-electron chi connectivity index (χ0n) is 9.51. The van der Waals surface area contributed by atoms with E-state index in [1.165, 1.54) is 44.1 Å². The number of rotatable bonds is 1. The summed E-state index contributed by atoms with van der Waals surface area (Å²) in [4.78, 5) is 0. The van der Waals surface area contributed by atoms with E-state index in [1.807, 2.05) is 0 Å². The Kier molecular flexibility index (Phi) is 2.41. The van der Waals surface area contributed by atoms with Crippen molar-refractivity contribution in [2.45, 2.75) is 44.1 Å². The van der Waals surface area contributed by atoms with Crippen molar-refractivity contribution in [3.8, 4) is 0 Å². The Morgan fingerprint density at radius 2 is 1.81 bits per heavy atom. The quantitative estimate of drug-likeness (QED) is 0.828. The van der Waals surface area contributed by atoms with E-state index in [-0.39, 0.29) is 5.54 Å². The zero-order valence-corrected chi connectivity index (χ0v) is 11.1. The lowest BCUT2D eigenvalue weighted by Crippen LogP contribution is -2.54. The van der Waals surface area contributed by atoms with Crippen molar-refractivity contribution in [2.24, 2.45) is 11.1 Å². The maximum Gasteiger partial charge on any atom is 0.0420 e. The molecule has 2 saturated carbocycles. The van der Waals surface area contributed by atoms with Crippen LogP contribution in [-0.4, -0.2) is 0 Å². The number of hydrogen-bond donors (Lipinski definition) is 1. The lowest BCUT2D eigenvalue weighted by molar-refractivity contribution is 0.0312. The number of benzene rings is 1. The van der Waals surface area contributed by atoms with Gasteiger partial charge in [-0.3, -0.25) is 0 Å². The van der Waals surface area contributed by atoms with Gasteiger partial charge in [-0.25, -0.2) is 0 Å². The van der Waals surface area contributed by atoms with E-state index in [2.05, 4.69) is 40.2 Å². The summed E-state index contributed by atoms with van der Waals surface area (Å²) in [6, 6.07) is 8.51. The minimum atomic E-state index is -0.0475. The van der Waals surface area contributed by atoms with Gasteiger partial charge in [-0.05, 0) is 48.8 Å². The van der Waals surface area contributed by atoms with Crippen LogP contribution in [0.15, 0.2) is 28.7 Å². The Hall–Kier alpha value is -0.340. The van der Waals surface area contributed by atoms with Gasteiger partial charge in [-0.1, -0.05) is 40.9 Å². The van der Waals surface area contributed by atoms with Crippen molar-refractivity contribution in [3.05, 3.63) is 34.3 Å². The van der Waals surface area contributed by atoms with Crippen LogP contribution in [-0.2, 0) is 5.54 Å². The molecule has 0 atom stereocenters. The smallest absolute Gasteiger partial charge is 0.0420 e. The van der Waals surface area contributed by atoms with Crippen LogP contribution in [0.3, 0.4) is 0 Å². The first-order chi connectivity index (χ1) is 7.62. The molecule has 2 aliphatic carbocycles. The van der Waals surface area contributed by atoms with Crippen molar-refractivity contribution < 1.29 is 0 Å². The highest BCUT2D eigenvalue weighted by Crippen LogP contribution is 2.60. The predicted molar refractivity (Wildman–Crippen MR) is 70.1 cm³/mol. The second-order valence-corrected chi connectivity index (χ2v) is 6.64. The Morgan fingerprint density at radius 3 is 2.44 bits per heavy atom. The average molecular weight is 280 g/mol. The molecule has 0 bridgehead atoms. The Morgan fingerprint density at radius 1 is 1.12 bits per heavy atom. The first-order valence-electron chi connectivity index (χ1n) is 6.17. The van der Waals surface area contributed by atoms with Gasteiger partial charge in [0.05, 0.1) is 0 Å². The molecule has 2 fully saturated rings. The fraction of sp³-hybridized carbons (Fsp3) is 0.571. The molecule has 1 spiro atoms. The van der Waals surface area contributed by atoms with Crippen LogP contribution >= 0.6 is 15.9 Å². The molecule has 0 aromatic heterocycles. The molecule has 1 nitrogen and oxygen atoms in total. The molecule has 3 rings (SSSR count). The topological polar surface area (TPSA) is 26.0 Å². The SMILES string of the molecule is NC1(c2cccc(Br)c2)CC2(CCCC2)C1. The Balaban J connectivity index is 1.81. The molecule has 0 saturated heterocycles. The molecule has 0 unspecified atom stereocenters. The highest BCUT2D eigenvalue weighted by Gasteiger charge is 2.53. The molecule has 0 radical (unpaired) electrons. The van der Waals surface area contributed by atoms with Crippen molar-refractivity contribution in [1.82, 2.24) is 0 Å². The third kappa shape index (κ3) is 1.63. The van der Waals surface area contributed by atoms with Crippen LogP contribution in [0.4, 0.5) is 0 Å². The molecule has 2 N–H and O–H groups in total. The van der Waals surface area contributed by atoms with Gasteiger partial charge in [0.2, 0.25) is 0 Å². The Bertz CT molecular complexity index is 399. The van der Waals surface area contributed by atoms with Gasteiger partial charge in [-0.2, -0.15) is 0 Å². The summed E-state index contributed by atoms with van der Waals surface area (Å²) in [5, 5.41) is 0. The number of nitrogens with two attached hydrogens (primary N) is 1. The van der Waals surface area contributed by atoms with Crippen LogP contribution in [0, 0.1) is 5.41 Å². The van der Waals surface area contributed by atoms with Gasteiger partial charge in [0, 0.05) is 10.0 Å². The molecular formula is C14H18BrN. The normalized spacial score (nSPS) is 25.6.